The Morgan fingerprint density at radius 3 is 2.75 bits per heavy atom. The van der Waals surface area contributed by atoms with Crippen molar-refractivity contribution in [3.8, 4) is 17.1 Å². The fourth-order valence-electron chi connectivity index (χ4n) is 1.66. The maximum atomic E-state index is 5.10. The van der Waals surface area contributed by atoms with Gasteiger partial charge < -0.3 is 9.84 Å². The van der Waals surface area contributed by atoms with Crippen LogP contribution in [0.4, 0.5) is 0 Å². The zero-order chi connectivity index (χ0) is 13.8. The number of hydrogen-bond acceptors (Lipinski definition) is 7. The molecule has 3 rings (SSSR count). The van der Waals surface area contributed by atoms with Gasteiger partial charge in [-0.25, -0.2) is 0 Å². The number of tetrazole rings is 2. The molecule has 2 aromatic heterocycles. The van der Waals surface area contributed by atoms with Crippen LogP contribution in [0.1, 0.15) is 5.82 Å². The third-order valence-electron chi connectivity index (χ3n) is 2.70. The van der Waals surface area contributed by atoms with Crippen LogP contribution in [0.15, 0.2) is 24.3 Å². The molecule has 0 radical (unpaired) electrons. The van der Waals surface area contributed by atoms with E-state index >= 15 is 0 Å². The molecule has 2 heterocycles. The molecule has 0 N–H and O–H groups in total. The first-order chi connectivity index (χ1) is 9.85. The topological polar surface area (TPSA) is 106 Å². The van der Waals surface area contributed by atoms with Gasteiger partial charge in [0.25, 0.3) is 0 Å². The Kier molecular flexibility index (Phi) is 3.31. The van der Waals surface area contributed by atoms with Gasteiger partial charge in [0.15, 0.2) is 0 Å². The first-order valence-corrected chi connectivity index (χ1v) is 5.95. The van der Waals surface area contributed by atoms with Crippen LogP contribution in [-0.4, -0.2) is 42.8 Å². The van der Waals surface area contributed by atoms with E-state index in [1.807, 2.05) is 24.3 Å². The summed E-state index contributed by atoms with van der Waals surface area (Å²) in [7, 11) is 1.62. The average molecular weight is 271 g/mol. The molecule has 3 aromatic rings. The molecule has 0 amide bonds. The fraction of sp³-hybridized carbons (Fsp3) is 0.273. The van der Waals surface area contributed by atoms with Gasteiger partial charge >= 0.3 is 0 Å². The smallest absolute Gasteiger partial charge is 0.204 e. The van der Waals surface area contributed by atoms with Gasteiger partial charge in [0.05, 0.1) is 13.7 Å². The zero-order valence-corrected chi connectivity index (χ0v) is 10.7. The summed E-state index contributed by atoms with van der Waals surface area (Å²) < 4.78 is 5.10. The number of aryl methyl sites for hydroxylation is 2. The van der Waals surface area contributed by atoms with Gasteiger partial charge in [-0.15, -0.1) is 10.2 Å². The molecule has 9 heteroatoms. The normalized spacial score (nSPS) is 10.7. The van der Waals surface area contributed by atoms with Crippen molar-refractivity contribution >= 4 is 0 Å². The van der Waals surface area contributed by atoms with Crippen LogP contribution in [0.5, 0.6) is 5.75 Å². The molecular weight excluding hydrogens is 260 g/mol. The molecule has 0 saturated heterocycles. The lowest BCUT2D eigenvalue weighted by Gasteiger charge is -1.99. The predicted molar refractivity (Wildman–Crippen MR) is 66.7 cm³/mol. The molecule has 102 valence electrons. The Labute approximate surface area is 114 Å². The van der Waals surface area contributed by atoms with E-state index in [0.29, 0.717) is 24.6 Å². The summed E-state index contributed by atoms with van der Waals surface area (Å²) in [6, 6.07) is 7.47. The van der Waals surface area contributed by atoms with Crippen molar-refractivity contribution in [3.05, 3.63) is 30.1 Å². The quantitative estimate of drug-likeness (QED) is 0.624. The van der Waals surface area contributed by atoms with Crippen LogP contribution in [0.25, 0.3) is 11.4 Å². The molecule has 0 fully saturated rings. The Morgan fingerprint density at radius 1 is 1.20 bits per heavy atom. The van der Waals surface area contributed by atoms with Crippen LogP contribution < -0.4 is 9.84 Å². The number of rotatable bonds is 5. The second-order valence-electron chi connectivity index (χ2n) is 3.98. The lowest BCUT2D eigenvalue weighted by molar-refractivity contribution is 0.415. The lowest BCUT2D eigenvalue weighted by Crippen LogP contribution is -2.06. The van der Waals surface area contributed by atoms with Crippen molar-refractivity contribution in [1.29, 1.82) is 0 Å². The molecule has 20 heavy (non-hydrogen) atoms. The molecule has 0 spiro atoms. The number of aromatic nitrogens is 8. The van der Waals surface area contributed by atoms with E-state index in [2.05, 4.69) is 36.0 Å². The zero-order valence-electron chi connectivity index (χ0n) is 10.7. The Hall–Kier alpha value is -2.84. The van der Waals surface area contributed by atoms with Crippen LogP contribution in [-0.2, 0) is 13.0 Å². The highest BCUT2D eigenvalue weighted by molar-refractivity contribution is 5.55. The number of nitrogens with zero attached hydrogens (tertiary/aromatic N) is 8. The maximum Gasteiger partial charge on any atom is 0.204 e. The van der Waals surface area contributed by atoms with E-state index in [9.17, 15) is 0 Å². The minimum atomic E-state index is 0.524. The van der Waals surface area contributed by atoms with E-state index in [1.54, 1.807) is 7.11 Å². The van der Waals surface area contributed by atoms with Crippen LogP contribution in [0, 0.1) is 0 Å². The summed E-state index contributed by atoms with van der Waals surface area (Å²) in [6.45, 7) is 0.524. The number of methoxy groups -OCH3 is 1. The lowest BCUT2D eigenvalue weighted by atomic mass is 10.2. The van der Waals surface area contributed by atoms with Crippen molar-refractivity contribution in [1.82, 2.24) is 40.8 Å². The molecule has 9 nitrogen and oxygen atoms in total. The van der Waals surface area contributed by atoms with Gasteiger partial charge in [0.2, 0.25) is 5.82 Å². The average Bonchev–Trinajstić information content (AvgIpc) is 3.17. The molecule has 0 unspecified atom stereocenters. The minimum absolute atomic E-state index is 0.524. The molecule has 0 atom stereocenters. The van der Waals surface area contributed by atoms with Gasteiger partial charge in [-0.05, 0) is 29.5 Å². The van der Waals surface area contributed by atoms with Gasteiger partial charge in [0, 0.05) is 17.8 Å². The number of hydrogen-bond donors (Lipinski definition) is 0. The second kappa shape index (κ2) is 5.43. The predicted octanol–water partition coefficient (Wildman–Crippen LogP) is -0.266. The Morgan fingerprint density at radius 2 is 2.05 bits per heavy atom. The third kappa shape index (κ3) is 2.60. The van der Waals surface area contributed by atoms with E-state index in [1.165, 1.54) is 4.80 Å². The minimum Gasteiger partial charge on any atom is -0.497 e. The highest BCUT2D eigenvalue weighted by atomic mass is 16.5. The maximum absolute atomic E-state index is 5.10. The largest absolute Gasteiger partial charge is 0.497 e. The monoisotopic (exact) mass is 271 g/mol. The molecular formula is C11H11N8O-. The number of ether oxygens (including phenoxy) is 1. The highest BCUT2D eigenvalue weighted by Gasteiger charge is 2.06. The van der Waals surface area contributed by atoms with Crippen molar-refractivity contribution in [2.45, 2.75) is 13.0 Å². The van der Waals surface area contributed by atoms with E-state index in [4.69, 9.17) is 4.74 Å². The van der Waals surface area contributed by atoms with Gasteiger partial charge in [-0.1, -0.05) is 0 Å². The highest BCUT2D eigenvalue weighted by Crippen LogP contribution is 2.18. The first kappa shape index (κ1) is 12.2. The fourth-order valence-corrected chi connectivity index (χ4v) is 1.66. The van der Waals surface area contributed by atoms with E-state index < -0.39 is 0 Å². The Bertz CT molecular complexity index is 660. The van der Waals surface area contributed by atoms with Crippen LogP contribution in [0.3, 0.4) is 0 Å². The summed E-state index contributed by atoms with van der Waals surface area (Å²) >= 11 is 0. The summed E-state index contributed by atoms with van der Waals surface area (Å²) in [5.74, 6) is 1.91. The van der Waals surface area contributed by atoms with Crippen molar-refractivity contribution in [2.75, 3.05) is 7.11 Å². The molecule has 0 saturated carbocycles. The van der Waals surface area contributed by atoms with Gasteiger partial charge in [-0.3, -0.25) is 10.3 Å². The Balaban J connectivity index is 1.69. The second-order valence-corrected chi connectivity index (χ2v) is 3.98. The summed E-state index contributed by atoms with van der Waals surface area (Å²) in [4.78, 5) is 1.50. The number of benzene rings is 1. The standard InChI is InChI=1S/C11H11N8O/c1-20-9-4-2-8(3-5-9)11-14-18-19(15-11)7-6-10-12-16-17-13-10/h2-5H,6-7H2,1H3/q-1. The van der Waals surface area contributed by atoms with E-state index in [-0.39, 0.29) is 0 Å². The van der Waals surface area contributed by atoms with Crippen LogP contribution in [0.2, 0.25) is 0 Å². The first-order valence-electron chi connectivity index (χ1n) is 5.95. The molecule has 0 aliphatic rings. The SMILES string of the molecule is COc1ccc(-c2nnn(CCc3nnn[n-]3)n2)cc1. The summed E-state index contributed by atoms with van der Waals surface area (Å²) in [5.41, 5.74) is 0.880. The molecule has 1 aromatic carbocycles. The molecule has 0 aliphatic heterocycles. The third-order valence-corrected chi connectivity index (χ3v) is 2.70. The van der Waals surface area contributed by atoms with Crippen LogP contribution >= 0.6 is 0 Å². The van der Waals surface area contributed by atoms with Crippen molar-refractivity contribution in [2.24, 2.45) is 0 Å². The van der Waals surface area contributed by atoms with Crippen molar-refractivity contribution < 1.29 is 4.74 Å². The van der Waals surface area contributed by atoms with Gasteiger partial charge in [0.1, 0.15) is 5.75 Å². The molecule has 0 aliphatic carbocycles. The summed E-state index contributed by atoms with van der Waals surface area (Å²) in [6.07, 6.45) is 0.561. The van der Waals surface area contributed by atoms with Crippen molar-refractivity contribution in [3.63, 3.8) is 0 Å². The van der Waals surface area contributed by atoms with E-state index in [0.717, 1.165) is 11.3 Å². The molecule has 0 bridgehead atoms. The van der Waals surface area contributed by atoms with Gasteiger partial charge in [-0.2, -0.15) is 10.0 Å². The summed E-state index contributed by atoms with van der Waals surface area (Å²) in [5, 5.41) is 26.6.